The van der Waals surface area contributed by atoms with Gasteiger partial charge in [-0.2, -0.15) is 0 Å². The van der Waals surface area contributed by atoms with E-state index in [-0.39, 0.29) is 12.1 Å². The standard InChI is InChI=1S/C25H28O4/c1-4-27-24(25(26)29-20(2)3)19-22-14-16-23(17-15-22)28-18-10-6-9-13-21-11-7-5-8-12-21/h5-8,10-12,14-17,20,24H,4,18-19H2,1-3H3/b10-6+/t24-/m0/s1. The van der Waals surface area contributed by atoms with E-state index in [1.807, 2.05) is 81.4 Å². The molecule has 0 saturated carbocycles. The smallest absolute Gasteiger partial charge is 0.335 e. The summed E-state index contributed by atoms with van der Waals surface area (Å²) in [5.41, 5.74) is 1.97. The molecular formula is C25H28O4. The maximum absolute atomic E-state index is 12.1. The summed E-state index contributed by atoms with van der Waals surface area (Å²) < 4.78 is 16.5. The van der Waals surface area contributed by atoms with Crippen LogP contribution in [-0.2, 0) is 20.7 Å². The van der Waals surface area contributed by atoms with Crippen LogP contribution < -0.4 is 4.74 Å². The number of carbonyl (C=O) groups excluding carboxylic acids is 1. The first-order valence-corrected chi connectivity index (χ1v) is 9.84. The summed E-state index contributed by atoms with van der Waals surface area (Å²) in [6.45, 7) is 6.41. The van der Waals surface area contributed by atoms with Gasteiger partial charge in [-0.25, -0.2) is 4.79 Å². The van der Waals surface area contributed by atoms with E-state index in [0.29, 0.717) is 19.6 Å². The zero-order chi connectivity index (χ0) is 20.9. The van der Waals surface area contributed by atoms with Crippen LogP contribution in [0.3, 0.4) is 0 Å². The fourth-order valence-corrected chi connectivity index (χ4v) is 2.55. The quantitative estimate of drug-likeness (QED) is 0.463. The Morgan fingerprint density at radius 1 is 1.07 bits per heavy atom. The maximum Gasteiger partial charge on any atom is 0.335 e. The van der Waals surface area contributed by atoms with Gasteiger partial charge in [-0.05, 0) is 62.8 Å². The highest BCUT2D eigenvalue weighted by Crippen LogP contribution is 2.15. The van der Waals surface area contributed by atoms with E-state index in [0.717, 1.165) is 16.9 Å². The molecule has 29 heavy (non-hydrogen) atoms. The third kappa shape index (κ3) is 8.68. The number of rotatable bonds is 9. The Bertz CT molecular complexity index is 827. The van der Waals surface area contributed by atoms with Crippen LogP contribution in [0.2, 0.25) is 0 Å². The largest absolute Gasteiger partial charge is 0.490 e. The molecule has 0 aliphatic carbocycles. The molecule has 0 bridgehead atoms. The van der Waals surface area contributed by atoms with Crippen molar-refractivity contribution in [1.29, 1.82) is 0 Å². The summed E-state index contributed by atoms with van der Waals surface area (Å²) >= 11 is 0. The molecule has 152 valence electrons. The number of ether oxygens (including phenoxy) is 3. The number of benzene rings is 2. The minimum atomic E-state index is -0.597. The predicted molar refractivity (Wildman–Crippen MR) is 115 cm³/mol. The van der Waals surface area contributed by atoms with E-state index in [9.17, 15) is 4.79 Å². The van der Waals surface area contributed by atoms with Gasteiger partial charge in [0.05, 0.1) is 6.10 Å². The average molecular weight is 392 g/mol. The zero-order valence-corrected chi connectivity index (χ0v) is 17.3. The van der Waals surface area contributed by atoms with Crippen LogP contribution in [0.15, 0.2) is 66.7 Å². The molecule has 0 spiro atoms. The topological polar surface area (TPSA) is 44.8 Å². The lowest BCUT2D eigenvalue weighted by Crippen LogP contribution is -2.30. The molecule has 4 heteroatoms. The average Bonchev–Trinajstić information content (AvgIpc) is 2.71. The summed E-state index contributed by atoms with van der Waals surface area (Å²) in [5.74, 6) is 6.47. The van der Waals surface area contributed by atoms with Crippen LogP contribution in [-0.4, -0.2) is 31.4 Å². The van der Waals surface area contributed by atoms with Crippen LogP contribution in [0.5, 0.6) is 5.75 Å². The Balaban J connectivity index is 1.82. The molecule has 1 atom stereocenters. The molecule has 0 aliphatic rings. The predicted octanol–water partition coefficient (Wildman–Crippen LogP) is 4.57. The van der Waals surface area contributed by atoms with E-state index in [4.69, 9.17) is 14.2 Å². The minimum absolute atomic E-state index is 0.160. The lowest BCUT2D eigenvalue weighted by atomic mass is 10.1. The van der Waals surface area contributed by atoms with E-state index < -0.39 is 6.10 Å². The monoisotopic (exact) mass is 392 g/mol. The molecule has 0 radical (unpaired) electrons. The van der Waals surface area contributed by atoms with Crippen LogP contribution >= 0.6 is 0 Å². The third-order valence-electron chi connectivity index (χ3n) is 3.86. The van der Waals surface area contributed by atoms with Crippen LogP contribution in [0, 0.1) is 11.8 Å². The second-order valence-corrected chi connectivity index (χ2v) is 6.63. The van der Waals surface area contributed by atoms with E-state index >= 15 is 0 Å². The van der Waals surface area contributed by atoms with Gasteiger partial charge in [-0.1, -0.05) is 42.2 Å². The summed E-state index contributed by atoms with van der Waals surface area (Å²) in [4.78, 5) is 12.1. The molecule has 2 aromatic carbocycles. The second kappa shape index (κ2) is 12.4. The number of allylic oxidation sites excluding steroid dienone is 1. The normalized spacial score (nSPS) is 11.7. The molecule has 0 aromatic heterocycles. The van der Waals surface area contributed by atoms with Gasteiger partial charge in [-0.15, -0.1) is 0 Å². The van der Waals surface area contributed by atoms with Crippen molar-refractivity contribution in [2.24, 2.45) is 0 Å². The van der Waals surface area contributed by atoms with Gasteiger partial charge >= 0.3 is 5.97 Å². The minimum Gasteiger partial charge on any atom is -0.490 e. The van der Waals surface area contributed by atoms with Crippen LogP contribution in [0.4, 0.5) is 0 Å². The Labute approximate surface area is 173 Å². The van der Waals surface area contributed by atoms with Crippen molar-refractivity contribution in [2.45, 2.75) is 39.4 Å². The summed E-state index contributed by atoms with van der Waals surface area (Å²) in [5, 5.41) is 0. The highest BCUT2D eigenvalue weighted by atomic mass is 16.6. The Morgan fingerprint density at radius 3 is 2.45 bits per heavy atom. The van der Waals surface area contributed by atoms with Gasteiger partial charge in [0.2, 0.25) is 0 Å². The van der Waals surface area contributed by atoms with Crippen molar-refractivity contribution >= 4 is 5.97 Å². The van der Waals surface area contributed by atoms with Crippen molar-refractivity contribution in [3.8, 4) is 17.6 Å². The first-order valence-electron chi connectivity index (χ1n) is 9.84. The molecule has 0 unspecified atom stereocenters. The number of hydrogen-bond donors (Lipinski definition) is 0. The lowest BCUT2D eigenvalue weighted by Gasteiger charge is -2.18. The lowest BCUT2D eigenvalue weighted by molar-refractivity contribution is -0.160. The SMILES string of the molecule is CCO[C@@H](Cc1ccc(OC/C=C/C#Cc2ccccc2)cc1)C(=O)OC(C)C. The maximum atomic E-state index is 12.1. The third-order valence-corrected chi connectivity index (χ3v) is 3.86. The fourth-order valence-electron chi connectivity index (χ4n) is 2.55. The van der Waals surface area contributed by atoms with E-state index in [1.165, 1.54) is 0 Å². The molecule has 0 amide bonds. The number of carbonyl (C=O) groups is 1. The van der Waals surface area contributed by atoms with Gasteiger partial charge in [0.1, 0.15) is 12.4 Å². The molecule has 2 rings (SSSR count). The first kappa shape index (κ1) is 22.3. The zero-order valence-electron chi connectivity index (χ0n) is 17.3. The van der Waals surface area contributed by atoms with Crippen molar-refractivity contribution in [2.75, 3.05) is 13.2 Å². The van der Waals surface area contributed by atoms with E-state index in [1.54, 1.807) is 6.08 Å². The molecule has 0 N–H and O–H groups in total. The van der Waals surface area contributed by atoms with Gasteiger partial charge in [-0.3, -0.25) is 0 Å². The highest BCUT2D eigenvalue weighted by molar-refractivity contribution is 5.75. The number of esters is 1. The fraction of sp³-hybridized carbons (Fsp3) is 0.320. The highest BCUT2D eigenvalue weighted by Gasteiger charge is 2.21. The van der Waals surface area contributed by atoms with Gasteiger partial charge in [0.25, 0.3) is 0 Å². The second-order valence-electron chi connectivity index (χ2n) is 6.63. The molecule has 0 fully saturated rings. The van der Waals surface area contributed by atoms with Gasteiger partial charge < -0.3 is 14.2 Å². The molecule has 2 aromatic rings. The van der Waals surface area contributed by atoms with E-state index in [2.05, 4.69) is 11.8 Å². The molecule has 0 saturated heterocycles. The molecule has 4 nitrogen and oxygen atoms in total. The van der Waals surface area contributed by atoms with Crippen molar-refractivity contribution < 1.29 is 19.0 Å². The summed E-state index contributed by atoms with van der Waals surface area (Å²) in [7, 11) is 0. The van der Waals surface area contributed by atoms with Gasteiger partial charge in [0.15, 0.2) is 6.10 Å². The van der Waals surface area contributed by atoms with Crippen molar-refractivity contribution in [3.05, 3.63) is 77.9 Å². The van der Waals surface area contributed by atoms with Crippen molar-refractivity contribution in [3.63, 3.8) is 0 Å². The summed E-state index contributed by atoms with van der Waals surface area (Å²) in [6, 6.07) is 17.5. The number of hydrogen-bond acceptors (Lipinski definition) is 4. The Morgan fingerprint density at radius 2 is 1.79 bits per heavy atom. The molecular weight excluding hydrogens is 364 g/mol. The molecule has 0 aliphatic heterocycles. The Hall–Kier alpha value is -3.03. The van der Waals surface area contributed by atoms with Gasteiger partial charge in [0, 0.05) is 18.6 Å². The molecule has 0 heterocycles. The van der Waals surface area contributed by atoms with Crippen LogP contribution in [0.25, 0.3) is 0 Å². The summed E-state index contributed by atoms with van der Waals surface area (Å²) in [6.07, 6.45) is 3.37. The van der Waals surface area contributed by atoms with Crippen molar-refractivity contribution in [1.82, 2.24) is 0 Å². The van der Waals surface area contributed by atoms with Crippen LogP contribution in [0.1, 0.15) is 31.9 Å². The Kier molecular flexibility index (Phi) is 9.54. The first-order chi connectivity index (χ1) is 14.1.